The summed E-state index contributed by atoms with van der Waals surface area (Å²) in [6, 6.07) is 28.7. The Kier molecular flexibility index (Phi) is 14.0. The van der Waals surface area contributed by atoms with Gasteiger partial charge in [0.05, 0.1) is 94.0 Å². The summed E-state index contributed by atoms with van der Waals surface area (Å²) < 4.78 is 7.21. The molecule has 15 nitrogen and oxygen atoms in total. The lowest BCUT2D eigenvalue weighted by atomic mass is 9.88. The smallest absolute Gasteiger partial charge is 0.103 e. The molecule has 2 fully saturated rings. The number of hydrogen-bond donors (Lipinski definition) is 2. The van der Waals surface area contributed by atoms with Gasteiger partial charge in [0, 0.05) is 65.0 Å². The highest BCUT2D eigenvalue weighted by atomic mass is 79.9. The Labute approximate surface area is 463 Å². The van der Waals surface area contributed by atoms with Crippen molar-refractivity contribution in [3.63, 3.8) is 0 Å². The third-order valence-electron chi connectivity index (χ3n) is 14.0. The number of anilines is 2. The number of benzene rings is 4. The van der Waals surface area contributed by atoms with E-state index in [2.05, 4.69) is 182 Å². The zero-order valence-electron chi connectivity index (χ0n) is 43.7. The molecule has 0 unspecified atom stereocenters. The number of nitrogens with zero attached hydrogens (tertiary/aromatic N) is 13. The highest BCUT2D eigenvalue weighted by molar-refractivity contribution is 9.10. The minimum Gasteiger partial charge on any atom is -0.383 e. The van der Waals surface area contributed by atoms with Gasteiger partial charge in [-0.2, -0.15) is 15.8 Å². The molecule has 10 aromatic rings. The lowest BCUT2D eigenvalue weighted by Gasteiger charge is -2.22. The highest BCUT2D eigenvalue weighted by Gasteiger charge is 2.30. The van der Waals surface area contributed by atoms with Gasteiger partial charge in [0.2, 0.25) is 0 Å². The molecule has 2 saturated carbocycles. The molecule has 18 heteroatoms. The van der Waals surface area contributed by atoms with Gasteiger partial charge in [-0.3, -0.25) is 9.97 Å². The molecule has 2 aliphatic rings. The Morgan fingerprint density at radius 3 is 1.52 bits per heavy atom. The molecule has 0 saturated heterocycles. The molecule has 2 atom stereocenters. The molecule has 0 bridgehead atoms. The molecular weight excluding hydrogens is 1060 g/mol. The van der Waals surface area contributed by atoms with Crippen molar-refractivity contribution in [1.82, 2.24) is 49.9 Å². The molecule has 4 aromatic carbocycles. The van der Waals surface area contributed by atoms with E-state index in [1.54, 1.807) is 35.1 Å². The van der Waals surface area contributed by atoms with E-state index in [1.165, 1.54) is 10.3 Å². The van der Waals surface area contributed by atoms with Crippen LogP contribution in [0.15, 0.2) is 101 Å². The number of nitriles is 3. The van der Waals surface area contributed by atoms with Gasteiger partial charge in [0.1, 0.15) is 18.2 Å². The minimum absolute atomic E-state index is 0.00386. The van der Waals surface area contributed by atoms with Crippen molar-refractivity contribution in [2.45, 2.75) is 104 Å². The Hall–Kier alpha value is -7.69. The fraction of sp³-hybridized carbons (Fsp3) is 0.339. The van der Waals surface area contributed by atoms with Crippen LogP contribution in [-0.2, 0) is 12.8 Å². The Bertz CT molecular complexity index is 3980. The van der Waals surface area contributed by atoms with Crippen LogP contribution in [0, 0.1) is 44.8 Å². The first-order valence-electron chi connectivity index (χ1n) is 25.9. The third-order valence-corrected chi connectivity index (χ3v) is 16.4. The molecule has 6 aromatic heterocycles. The Morgan fingerprint density at radius 2 is 1.06 bits per heavy atom. The van der Waals surface area contributed by atoms with Crippen LogP contribution in [0.2, 0.25) is 0 Å². The van der Waals surface area contributed by atoms with E-state index in [0.29, 0.717) is 47.3 Å². The Balaban J connectivity index is 0.000000164. The van der Waals surface area contributed by atoms with Crippen LogP contribution in [0.3, 0.4) is 0 Å². The van der Waals surface area contributed by atoms with Crippen molar-refractivity contribution in [1.29, 1.82) is 15.8 Å². The van der Waals surface area contributed by atoms with E-state index in [0.717, 1.165) is 115 Å². The molecule has 0 spiro atoms. The molecule has 0 amide bonds. The van der Waals surface area contributed by atoms with Crippen molar-refractivity contribution in [2.75, 3.05) is 23.7 Å². The first kappa shape index (κ1) is 51.4. The van der Waals surface area contributed by atoms with E-state index in [-0.39, 0.29) is 22.7 Å². The number of rotatable bonds is 14. The van der Waals surface area contributed by atoms with Crippen molar-refractivity contribution in [3.8, 4) is 18.2 Å². The van der Waals surface area contributed by atoms with Gasteiger partial charge in [-0.25, -0.2) is 19.3 Å². The molecule has 6 heterocycles. The minimum atomic E-state index is -0.0799. The predicted octanol–water partition coefficient (Wildman–Crippen LogP) is 13.6. The van der Waals surface area contributed by atoms with Crippen LogP contribution in [0.25, 0.3) is 42.2 Å². The average Bonchev–Trinajstić information content (AvgIpc) is 4.20. The topological polar surface area (TPSA) is 208 Å². The van der Waals surface area contributed by atoms with E-state index in [4.69, 9.17) is 0 Å². The van der Waals surface area contributed by atoms with Crippen LogP contribution < -0.4 is 10.6 Å². The lowest BCUT2D eigenvalue weighted by molar-refractivity contribution is 0.443. The molecular formula is C59H56BrN15S2. The zero-order chi connectivity index (χ0) is 53.6. The van der Waals surface area contributed by atoms with Gasteiger partial charge in [-0.15, -0.1) is 32.9 Å². The van der Waals surface area contributed by atoms with Gasteiger partial charge in [0.25, 0.3) is 0 Å². The summed E-state index contributed by atoms with van der Waals surface area (Å²) in [6.45, 7) is 14.4. The maximum atomic E-state index is 10.1. The first-order valence-corrected chi connectivity index (χ1v) is 28.4. The fourth-order valence-corrected chi connectivity index (χ4v) is 12.1. The molecule has 12 rings (SSSR count). The van der Waals surface area contributed by atoms with Gasteiger partial charge in [0.15, 0.2) is 0 Å². The number of nitrogens with one attached hydrogen (secondary N) is 2. The maximum Gasteiger partial charge on any atom is 0.103 e. The van der Waals surface area contributed by atoms with Crippen molar-refractivity contribution >= 4 is 92.2 Å². The van der Waals surface area contributed by atoms with Crippen molar-refractivity contribution in [3.05, 3.63) is 151 Å². The summed E-state index contributed by atoms with van der Waals surface area (Å²) in [6.07, 6.45) is 13.3. The van der Waals surface area contributed by atoms with E-state index in [1.807, 2.05) is 38.6 Å². The standard InChI is InChI=1S/C30H28N8S.C29H28BrN7S/c1-30(2,3)16-34-28-20(13-32)14-33-27-19(12-31)9-18(11-24(27)28)10-23(26-15-38(37-36-26)21-7-8-21)22-5-4-6-25-29(22)39-17-35-25;1-29(2,3)15-33-26-18(12-31)13-32-27-22(26)10-17(11-23(27)30)9-21(25-14-37(36-35-25)19-7-8-19)20-5-4-6-24-28(20)38-16-34-24/h4-6,9,11,14-15,17,21,23H,7-8,10,16H2,1-3H3,(H,33,34);4-6,10-11,13-14,16,19,21H,7-9,15H2,1-3H3,(H,32,33)/t23-;21-/m00/s1. The summed E-state index contributed by atoms with van der Waals surface area (Å²) in [5.74, 6) is -0.0715. The van der Waals surface area contributed by atoms with Crippen LogP contribution in [-0.4, -0.2) is 63.0 Å². The number of pyridine rings is 2. The monoisotopic (exact) mass is 1120 g/mol. The number of aromatic nitrogens is 10. The summed E-state index contributed by atoms with van der Waals surface area (Å²) in [5.41, 5.74) is 16.6. The third kappa shape index (κ3) is 11.1. The van der Waals surface area contributed by atoms with Gasteiger partial charge < -0.3 is 10.6 Å². The van der Waals surface area contributed by atoms with E-state index >= 15 is 0 Å². The van der Waals surface area contributed by atoms with Crippen LogP contribution in [0.5, 0.6) is 0 Å². The molecule has 2 N–H and O–H groups in total. The normalized spacial score (nSPS) is 14.4. The second-order valence-electron chi connectivity index (χ2n) is 22.6. The predicted molar refractivity (Wildman–Crippen MR) is 308 cm³/mol. The first-order chi connectivity index (χ1) is 37.1. The van der Waals surface area contributed by atoms with Gasteiger partial charge in [-0.1, -0.05) is 76.2 Å². The molecule has 386 valence electrons. The highest BCUT2D eigenvalue weighted by Crippen LogP contribution is 2.42. The summed E-state index contributed by atoms with van der Waals surface area (Å²) >= 11 is 7.06. The van der Waals surface area contributed by atoms with Crippen LogP contribution in [0.1, 0.15) is 141 Å². The van der Waals surface area contributed by atoms with Crippen molar-refractivity contribution in [2.24, 2.45) is 10.8 Å². The van der Waals surface area contributed by atoms with Crippen LogP contribution in [0.4, 0.5) is 11.4 Å². The summed E-state index contributed by atoms with van der Waals surface area (Å²) in [5, 5.41) is 56.7. The number of halogens is 1. The molecule has 2 aliphatic carbocycles. The molecule has 0 aliphatic heterocycles. The molecule has 77 heavy (non-hydrogen) atoms. The Morgan fingerprint density at radius 1 is 0.610 bits per heavy atom. The second kappa shape index (κ2) is 21.0. The zero-order valence-corrected chi connectivity index (χ0v) is 46.9. The average molecular weight is 1120 g/mol. The maximum absolute atomic E-state index is 10.1. The second-order valence-corrected chi connectivity index (χ2v) is 25.2. The van der Waals surface area contributed by atoms with Gasteiger partial charge >= 0.3 is 0 Å². The number of thiazole rings is 2. The van der Waals surface area contributed by atoms with Crippen molar-refractivity contribution < 1.29 is 0 Å². The quantitative estimate of drug-likeness (QED) is 0.104. The summed E-state index contributed by atoms with van der Waals surface area (Å²) in [4.78, 5) is 18.2. The number of hydrogen-bond acceptors (Lipinski definition) is 15. The van der Waals surface area contributed by atoms with Crippen LogP contribution >= 0.6 is 38.6 Å². The number of fused-ring (bicyclic) bond motifs is 4. The lowest BCUT2D eigenvalue weighted by Crippen LogP contribution is -2.20. The largest absolute Gasteiger partial charge is 0.383 e. The fourth-order valence-electron chi connectivity index (χ4n) is 9.78. The summed E-state index contributed by atoms with van der Waals surface area (Å²) in [7, 11) is 0. The molecule has 0 radical (unpaired) electrons. The van der Waals surface area contributed by atoms with E-state index in [9.17, 15) is 15.8 Å². The van der Waals surface area contributed by atoms with Gasteiger partial charge in [-0.05, 0) is 124 Å². The van der Waals surface area contributed by atoms with E-state index < -0.39 is 0 Å². The SMILES string of the molecule is CC(C)(C)CNc1c(C#N)cnc2c(Br)cc(C[C@H](c3cn(C4CC4)nn3)c3cccc4ncsc34)cc12.CC(C)(C)CNc1c(C#N)cnc2c(C#N)cc(C[C@H](c3cn(C4CC4)nn3)c3cccc4ncsc34)cc12.